The van der Waals surface area contributed by atoms with Gasteiger partial charge in [0.05, 0.1) is 20.3 Å². The molecule has 2 aromatic rings. The van der Waals surface area contributed by atoms with Crippen molar-refractivity contribution >= 4 is 0 Å². The Bertz CT molecular complexity index is 613. The predicted octanol–water partition coefficient (Wildman–Crippen LogP) is 3.20. The summed E-state index contributed by atoms with van der Waals surface area (Å²) < 4.78 is 23.7. The lowest BCUT2D eigenvalue weighted by Gasteiger charge is -2.18. The van der Waals surface area contributed by atoms with Crippen LogP contribution in [0.2, 0.25) is 0 Å². The van der Waals surface area contributed by atoms with E-state index in [0.717, 1.165) is 16.7 Å². The first-order chi connectivity index (χ1) is 9.56. The maximum absolute atomic E-state index is 13.2. The van der Waals surface area contributed by atoms with Gasteiger partial charge in [0, 0.05) is 11.6 Å². The van der Waals surface area contributed by atoms with Gasteiger partial charge in [-0.1, -0.05) is 6.07 Å². The average molecular weight is 275 g/mol. The maximum atomic E-state index is 13.2. The summed E-state index contributed by atoms with van der Waals surface area (Å²) in [6.07, 6.45) is 0. The number of rotatable bonds is 4. The molecule has 1 atom stereocenters. The highest BCUT2D eigenvalue weighted by molar-refractivity contribution is 5.47. The van der Waals surface area contributed by atoms with Crippen LogP contribution in [-0.2, 0) is 0 Å². The van der Waals surface area contributed by atoms with Crippen molar-refractivity contribution in [1.82, 2.24) is 0 Å². The molecule has 0 bridgehead atoms. The van der Waals surface area contributed by atoms with E-state index < -0.39 is 0 Å². The number of ether oxygens (including phenoxy) is 2. The first kappa shape index (κ1) is 14.3. The molecule has 0 aliphatic rings. The molecule has 4 heteroatoms. The zero-order valence-electron chi connectivity index (χ0n) is 11.8. The van der Waals surface area contributed by atoms with Gasteiger partial charge < -0.3 is 15.2 Å². The Kier molecular flexibility index (Phi) is 4.25. The van der Waals surface area contributed by atoms with Gasteiger partial charge in [-0.3, -0.25) is 0 Å². The van der Waals surface area contributed by atoms with Crippen LogP contribution in [0.5, 0.6) is 11.5 Å². The van der Waals surface area contributed by atoms with Crippen LogP contribution in [0.3, 0.4) is 0 Å². The summed E-state index contributed by atoms with van der Waals surface area (Å²) in [6.45, 7) is 1.84. The van der Waals surface area contributed by atoms with Crippen LogP contribution < -0.4 is 15.2 Å². The third kappa shape index (κ3) is 2.75. The summed E-state index contributed by atoms with van der Waals surface area (Å²) in [6, 6.07) is 9.70. The molecule has 0 saturated heterocycles. The van der Waals surface area contributed by atoms with Gasteiger partial charge >= 0.3 is 0 Å². The number of aryl methyl sites for hydroxylation is 1. The van der Waals surface area contributed by atoms with Crippen LogP contribution in [-0.4, -0.2) is 14.2 Å². The fourth-order valence-corrected chi connectivity index (χ4v) is 2.23. The van der Waals surface area contributed by atoms with Crippen molar-refractivity contribution < 1.29 is 13.9 Å². The summed E-state index contributed by atoms with van der Waals surface area (Å²) in [4.78, 5) is 0. The molecule has 0 radical (unpaired) electrons. The standard InChI is InChI=1S/C16H18FNO2/c1-10-8-11(17)4-6-13(10)16(18)14-7-5-12(19-2)9-15(14)20-3/h4-9,16H,18H2,1-3H3. The lowest BCUT2D eigenvalue weighted by molar-refractivity contribution is 0.390. The molecule has 106 valence electrons. The number of hydrogen-bond donors (Lipinski definition) is 1. The lowest BCUT2D eigenvalue weighted by Crippen LogP contribution is -2.14. The number of benzene rings is 2. The number of halogens is 1. The highest BCUT2D eigenvalue weighted by atomic mass is 19.1. The Morgan fingerprint density at radius 3 is 2.30 bits per heavy atom. The monoisotopic (exact) mass is 275 g/mol. The molecule has 0 saturated carbocycles. The van der Waals surface area contributed by atoms with E-state index in [0.29, 0.717) is 11.5 Å². The summed E-state index contributed by atoms with van der Waals surface area (Å²) in [7, 11) is 3.18. The van der Waals surface area contributed by atoms with Gasteiger partial charge in [-0.2, -0.15) is 0 Å². The first-order valence-corrected chi connectivity index (χ1v) is 6.30. The van der Waals surface area contributed by atoms with Crippen molar-refractivity contribution in [2.45, 2.75) is 13.0 Å². The van der Waals surface area contributed by atoms with E-state index in [9.17, 15) is 4.39 Å². The third-order valence-electron chi connectivity index (χ3n) is 3.34. The second-order valence-corrected chi connectivity index (χ2v) is 4.59. The summed E-state index contributed by atoms with van der Waals surface area (Å²) in [5.41, 5.74) is 8.81. The van der Waals surface area contributed by atoms with Gasteiger partial charge in [-0.25, -0.2) is 4.39 Å². The predicted molar refractivity (Wildman–Crippen MR) is 76.7 cm³/mol. The Hall–Kier alpha value is -2.07. The molecular weight excluding hydrogens is 257 g/mol. The van der Waals surface area contributed by atoms with E-state index in [1.807, 2.05) is 19.1 Å². The molecule has 2 N–H and O–H groups in total. The molecule has 0 aliphatic carbocycles. The second kappa shape index (κ2) is 5.92. The van der Waals surface area contributed by atoms with E-state index in [1.54, 1.807) is 26.4 Å². The molecule has 3 nitrogen and oxygen atoms in total. The van der Waals surface area contributed by atoms with E-state index >= 15 is 0 Å². The molecule has 0 fully saturated rings. The molecule has 1 unspecified atom stereocenters. The van der Waals surface area contributed by atoms with Crippen LogP contribution in [0, 0.1) is 12.7 Å². The molecule has 0 heterocycles. The highest BCUT2D eigenvalue weighted by Crippen LogP contribution is 2.32. The zero-order valence-corrected chi connectivity index (χ0v) is 11.8. The van der Waals surface area contributed by atoms with Crippen molar-refractivity contribution in [3.05, 3.63) is 58.9 Å². The molecule has 2 rings (SSSR count). The molecule has 0 spiro atoms. The fraction of sp³-hybridized carbons (Fsp3) is 0.250. The highest BCUT2D eigenvalue weighted by Gasteiger charge is 2.17. The Morgan fingerprint density at radius 2 is 1.70 bits per heavy atom. The molecule has 0 aliphatic heterocycles. The summed E-state index contributed by atoms with van der Waals surface area (Å²) in [5, 5.41) is 0. The number of hydrogen-bond acceptors (Lipinski definition) is 3. The van der Waals surface area contributed by atoms with Crippen LogP contribution in [0.25, 0.3) is 0 Å². The van der Waals surface area contributed by atoms with Gasteiger partial charge in [-0.15, -0.1) is 0 Å². The van der Waals surface area contributed by atoms with Crippen molar-refractivity contribution in [3.8, 4) is 11.5 Å². The average Bonchev–Trinajstić information content (AvgIpc) is 2.46. The Morgan fingerprint density at radius 1 is 1.00 bits per heavy atom. The van der Waals surface area contributed by atoms with Crippen LogP contribution in [0.1, 0.15) is 22.7 Å². The van der Waals surface area contributed by atoms with Crippen molar-refractivity contribution in [2.75, 3.05) is 14.2 Å². The second-order valence-electron chi connectivity index (χ2n) is 4.59. The molecule has 2 aromatic carbocycles. The third-order valence-corrected chi connectivity index (χ3v) is 3.34. The van der Waals surface area contributed by atoms with Crippen LogP contribution in [0.15, 0.2) is 36.4 Å². The Labute approximate surface area is 118 Å². The number of methoxy groups -OCH3 is 2. The smallest absolute Gasteiger partial charge is 0.127 e. The van der Waals surface area contributed by atoms with E-state index in [2.05, 4.69) is 0 Å². The van der Waals surface area contributed by atoms with Crippen molar-refractivity contribution in [3.63, 3.8) is 0 Å². The Balaban J connectivity index is 2.44. The molecule has 0 aromatic heterocycles. The van der Waals surface area contributed by atoms with Gasteiger partial charge in [0.2, 0.25) is 0 Å². The lowest BCUT2D eigenvalue weighted by atomic mass is 9.95. The summed E-state index contributed by atoms with van der Waals surface area (Å²) >= 11 is 0. The SMILES string of the molecule is COc1ccc(C(N)c2ccc(F)cc2C)c(OC)c1. The minimum absolute atomic E-state index is 0.264. The number of nitrogens with two attached hydrogens (primary N) is 1. The molecular formula is C16H18FNO2. The van der Waals surface area contributed by atoms with Crippen molar-refractivity contribution in [2.24, 2.45) is 5.73 Å². The van der Waals surface area contributed by atoms with Crippen molar-refractivity contribution in [1.29, 1.82) is 0 Å². The van der Waals surface area contributed by atoms with E-state index in [4.69, 9.17) is 15.2 Å². The largest absolute Gasteiger partial charge is 0.497 e. The van der Waals surface area contributed by atoms with Crippen LogP contribution in [0.4, 0.5) is 4.39 Å². The van der Waals surface area contributed by atoms with Gasteiger partial charge in [0.25, 0.3) is 0 Å². The quantitative estimate of drug-likeness (QED) is 0.932. The molecule has 20 heavy (non-hydrogen) atoms. The normalized spacial score (nSPS) is 12.1. The topological polar surface area (TPSA) is 44.5 Å². The van der Waals surface area contributed by atoms with E-state index in [-0.39, 0.29) is 11.9 Å². The zero-order chi connectivity index (χ0) is 14.7. The summed E-state index contributed by atoms with van der Waals surface area (Å²) in [5.74, 6) is 1.09. The maximum Gasteiger partial charge on any atom is 0.127 e. The van der Waals surface area contributed by atoms with Gasteiger partial charge in [-0.05, 0) is 42.3 Å². The first-order valence-electron chi connectivity index (χ1n) is 6.30. The minimum Gasteiger partial charge on any atom is -0.497 e. The van der Waals surface area contributed by atoms with Gasteiger partial charge in [0.15, 0.2) is 0 Å². The minimum atomic E-state index is -0.378. The van der Waals surface area contributed by atoms with Crippen LogP contribution >= 0.6 is 0 Å². The van der Waals surface area contributed by atoms with E-state index in [1.165, 1.54) is 12.1 Å². The fourth-order valence-electron chi connectivity index (χ4n) is 2.23. The molecule has 0 amide bonds. The van der Waals surface area contributed by atoms with Gasteiger partial charge in [0.1, 0.15) is 17.3 Å².